The Kier molecular flexibility index (Phi) is 4.29. The molecule has 0 atom stereocenters. The van der Waals surface area contributed by atoms with E-state index >= 15 is 0 Å². The van der Waals surface area contributed by atoms with Crippen LogP contribution in [-0.4, -0.2) is 11.2 Å². The second-order valence-corrected chi connectivity index (χ2v) is 4.49. The molecule has 0 aliphatic carbocycles. The minimum Gasteiger partial charge on any atom is -0.456 e. The van der Waals surface area contributed by atoms with Crippen LogP contribution in [0.2, 0.25) is 0 Å². The quantitative estimate of drug-likeness (QED) is 0.607. The third-order valence-corrected chi connectivity index (χ3v) is 3.36. The lowest BCUT2D eigenvalue weighted by molar-refractivity contribution is 0.466. The van der Waals surface area contributed by atoms with Gasteiger partial charge in [-0.25, -0.2) is 0 Å². The maximum Gasteiger partial charge on any atom is 0.140 e. The smallest absolute Gasteiger partial charge is 0.140 e. The van der Waals surface area contributed by atoms with Gasteiger partial charge in [0.25, 0.3) is 0 Å². The molecule has 0 radical (unpaired) electrons. The SMILES string of the molecule is CSc1ccccc1Oc1ccncc1CCl. The second kappa shape index (κ2) is 5.94. The van der Waals surface area contributed by atoms with Gasteiger partial charge in [0.1, 0.15) is 11.5 Å². The molecule has 17 heavy (non-hydrogen) atoms. The predicted molar refractivity (Wildman–Crippen MR) is 72.1 cm³/mol. The van der Waals surface area contributed by atoms with Gasteiger partial charge < -0.3 is 4.74 Å². The Morgan fingerprint density at radius 2 is 2.06 bits per heavy atom. The lowest BCUT2D eigenvalue weighted by Crippen LogP contribution is -1.91. The van der Waals surface area contributed by atoms with Gasteiger partial charge in [-0.2, -0.15) is 0 Å². The highest BCUT2D eigenvalue weighted by molar-refractivity contribution is 7.98. The second-order valence-electron chi connectivity index (χ2n) is 3.37. The highest BCUT2D eigenvalue weighted by atomic mass is 35.5. The van der Waals surface area contributed by atoms with Crippen LogP contribution in [0.1, 0.15) is 5.56 Å². The summed E-state index contributed by atoms with van der Waals surface area (Å²) in [6.45, 7) is 0. The van der Waals surface area contributed by atoms with Crippen LogP contribution in [0.15, 0.2) is 47.6 Å². The van der Waals surface area contributed by atoms with E-state index in [9.17, 15) is 0 Å². The van der Waals surface area contributed by atoms with Gasteiger partial charge in [0, 0.05) is 22.9 Å². The topological polar surface area (TPSA) is 22.1 Å². The number of rotatable bonds is 4. The van der Waals surface area contributed by atoms with Crippen LogP contribution in [0.3, 0.4) is 0 Å². The normalized spacial score (nSPS) is 10.2. The molecular weight excluding hydrogens is 254 g/mol. The summed E-state index contributed by atoms with van der Waals surface area (Å²) < 4.78 is 5.88. The van der Waals surface area contributed by atoms with Crippen molar-refractivity contribution in [3.63, 3.8) is 0 Å². The molecule has 0 spiro atoms. The summed E-state index contributed by atoms with van der Waals surface area (Å²) in [5.41, 5.74) is 0.894. The fraction of sp³-hybridized carbons (Fsp3) is 0.154. The Bertz CT molecular complexity index is 459. The molecule has 0 aliphatic heterocycles. The largest absolute Gasteiger partial charge is 0.456 e. The number of alkyl halides is 1. The lowest BCUT2D eigenvalue weighted by Gasteiger charge is -2.11. The fourth-order valence-electron chi connectivity index (χ4n) is 1.44. The zero-order valence-electron chi connectivity index (χ0n) is 9.39. The molecule has 0 fully saturated rings. The van der Waals surface area contributed by atoms with Crippen molar-refractivity contribution in [2.45, 2.75) is 10.8 Å². The molecule has 0 saturated carbocycles. The van der Waals surface area contributed by atoms with E-state index in [0.29, 0.717) is 5.88 Å². The molecule has 2 aromatic rings. The van der Waals surface area contributed by atoms with E-state index in [0.717, 1.165) is 22.0 Å². The van der Waals surface area contributed by atoms with Gasteiger partial charge in [-0.15, -0.1) is 23.4 Å². The van der Waals surface area contributed by atoms with Crippen LogP contribution in [0.4, 0.5) is 0 Å². The maximum absolute atomic E-state index is 5.88. The Labute approximate surface area is 110 Å². The summed E-state index contributed by atoms with van der Waals surface area (Å²) >= 11 is 7.50. The summed E-state index contributed by atoms with van der Waals surface area (Å²) in [6.07, 6.45) is 5.45. The van der Waals surface area contributed by atoms with E-state index < -0.39 is 0 Å². The van der Waals surface area contributed by atoms with E-state index in [2.05, 4.69) is 4.98 Å². The van der Waals surface area contributed by atoms with Gasteiger partial charge in [-0.05, 0) is 24.5 Å². The highest BCUT2D eigenvalue weighted by Gasteiger charge is 2.06. The highest BCUT2D eigenvalue weighted by Crippen LogP contribution is 2.32. The molecule has 0 N–H and O–H groups in total. The van der Waals surface area contributed by atoms with Crippen molar-refractivity contribution in [2.75, 3.05) is 6.26 Å². The van der Waals surface area contributed by atoms with E-state index in [1.165, 1.54) is 0 Å². The fourth-order valence-corrected chi connectivity index (χ4v) is 2.16. The molecule has 1 heterocycles. The Morgan fingerprint density at radius 3 is 2.82 bits per heavy atom. The number of thioether (sulfide) groups is 1. The van der Waals surface area contributed by atoms with Crippen molar-refractivity contribution in [1.82, 2.24) is 4.98 Å². The predicted octanol–water partition coefficient (Wildman–Crippen LogP) is 4.33. The number of benzene rings is 1. The minimum atomic E-state index is 0.393. The number of hydrogen-bond acceptors (Lipinski definition) is 3. The average Bonchev–Trinajstić information content (AvgIpc) is 2.40. The summed E-state index contributed by atoms with van der Waals surface area (Å²) in [6, 6.07) is 9.75. The maximum atomic E-state index is 5.88. The van der Waals surface area contributed by atoms with Crippen LogP contribution in [0.5, 0.6) is 11.5 Å². The van der Waals surface area contributed by atoms with Gasteiger partial charge in [0.2, 0.25) is 0 Å². The Balaban J connectivity index is 2.31. The van der Waals surface area contributed by atoms with E-state index in [1.54, 1.807) is 24.2 Å². The number of nitrogens with zero attached hydrogens (tertiary/aromatic N) is 1. The molecule has 0 bridgehead atoms. The number of aromatic nitrogens is 1. The zero-order valence-corrected chi connectivity index (χ0v) is 11.0. The van der Waals surface area contributed by atoms with Crippen LogP contribution in [0.25, 0.3) is 0 Å². The average molecular weight is 266 g/mol. The number of ether oxygens (including phenoxy) is 1. The molecule has 2 rings (SSSR count). The summed E-state index contributed by atoms with van der Waals surface area (Å²) in [5.74, 6) is 2.00. The van der Waals surface area contributed by atoms with Crippen molar-refractivity contribution >= 4 is 23.4 Å². The van der Waals surface area contributed by atoms with E-state index in [-0.39, 0.29) is 0 Å². The zero-order chi connectivity index (χ0) is 12.1. The number of hydrogen-bond donors (Lipinski definition) is 0. The van der Waals surface area contributed by atoms with Crippen LogP contribution >= 0.6 is 23.4 Å². The van der Waals surface area contributed by atoms with Crippen LogP contribution in [-0.2, 0) is 5.88 Å². The molecule has 2 nitrogen and oxygen atoms in total. The van der Waals surface area contributed by atoms with Gasteiger partial charge in [-0.1, -0.05) is 12.1 Å². The Morgan fingerprint density at radius 1 is 1.24 bits per heavy atom. The van der Waals surface area contributed by atoms with Crippen molar-refractivity contribution < 1.29 is 4.74 Å². The standard InChI is InChI=1S/C13H12ClNOS/c1-17-13-5-3-2-4-12(13)16-11-6-7-15-9-10(11)8-14/h2-7,9H,8H2,1H3. The number of para-hydroxylation sites is 1. The van der Waals surface area contributed by atoms with Gasteiger partial charge in [0.05, 0.1) is 5.88 Å². The molecule has 0 saturated heterocycles. The molecule has 0 amide bonds. The van der Waals surface area contributed by atoms with Gasteiger partial charge in [0.15, 0.2) is 0 Å². The van der Waals surface area contributed by atoms with Crippen molar-refractivity contribution in [1.29, 1.82) is 0 Å². The Hall–Kier alpha value is -1.19. The van der Waals surface area contributed by atoms with Crippen LogP contribution in [0, 0.1) is 0 Å². The third kappa shape index (κ3) is 2.93. The molecule has 88 valence electrons. The molecule has 1 aromatic carbocycles. The number of pyridine rings is 1. The monoisotopic (exact) mass is 265 g/mol. The molecule has 0 unspecified atom stereocenters. The van der Waals surface area contributed by atoms with E-state index in [4.69, 9.17) is 16.3 Å². The van der Waals surface area contributed by atoms with E-state index in [1.807, 2.05) is 36.6 Å². The number of halogens is 1. The third-order valence-electron chi connectivity index (χ3n) is 2.29. The summed E-state index contributed by atoms with van der Waals surface area (Å²) in [5, 5.41) is 0. The molecule has 4 heteroatoms. The molecule has 0 aliphatic rings. The molecule has 1 aromatic heterocycles. The summed E-state index contributed by atoms with van der Waals surface area (Å²) in [7, 11) is 0. The van der Waals surface area contributed by atoms with Crippen molar-refractivity contribution in [2.24, 2.45) is 0 Å². The van der Waals surface area contributed by atoms with Gasteiger partial charge >= 0.3 is 0 Å². The first kappa shape index (κ1) is 12.3. The first-order valence-corrected chi connectivity index (χ1v) is 6.91. The first-order valence-electron chi connectivity index (χ1n) is 5.15. The van der Waals surface area contributed by atoms with Crippen molar-refractivity contribution in [3.05, 3.63) is 48.3 Å². The first-order chi connectivity index (χ1) is 8.35. The lowest BCUT2D eigenvalue weighted by atomic mass is 10.3. The molecular formula is C13H12ClNOS. The minimum absolute atomic E-state index is 0.393. The van der Waals surface area contributed by atoms with Crippen LogP contribution < -0.4 is 4.74 Å². The van der Waals surface area contributed by atoms with Crippen molar-refractivity contribution in [3.8, 4) is 11.5 Å². The summed E-state index contributed by atoms with van der Waals surface area (Å²) in [4.78, 5) is 5.13. The van der Waals surface area contributed by atoms with Gasteiger partial charge in [-0.3, -0.25) is 4.98 Å².